The van der Waals surface area contributed by atoms with Crippen LogP contribution in [0, 0.1) is 11.3 Å². The number of esters is 1. The van der Waals surface area contributed by atoms with Crippen LogP contribution in [0.4, 0.5) is 5.82 Å². The lowest BCUT2D eigenvalue weighted by Crippen LogP contribution is -2.37. The molecule has 1 aromatic rings. The third kappa shape index (κ3) is 2.12. The fraction of sp³-hybridized carbons (Fsp3) is 0.417. The van der Waals surface area contributed by atoms with Crippen LogP contribution in [-0.2, 0) is 9.53 Å². The minimum Gasteiger partial charge on any atom is -0.467 e. The summed E-state index contributed by atoms with van der Waals surface area (Å²) >= 11 is 6.12. The Balaban J connectivity index is 2.37. The van der Waals surface area contributed by atoms with Crippen LogP contribution < -0.4 is 4.90 Å². The van der Waals surface area contributed by atoms with Crippen molar-refractivity contribution in [3.8, 4) is 6.07 Å². The van der Waals surface area contributed by atoms with E-state index in [4.69, 9.17) is 21.6 Å². The van der Waals surface area contributed by atoms with Gasteiger partial charge in [-0.25, -0.2) is 9.78 Å². The topological polar surface area (TPSA) is 66.2 Å². The Bertz CT molecular complexity index is 513. The van der Waals surface area contributed by atoms with Crippen LogP contribution in [0.2, 0.25) is 5.02 Å². The summed E-state index contributed by atoms with van der Waals surface area (Å²) in [6, 6.07) is 3.19. The number of nitriles is 1. The first kappa shape index (κ1) is 12.7. The second-order valence-corrected chi connectivity index (χ2v) is 4.36. The van der Waals surface area contributed by atoms with Gasteiger partial charge in [0, 0.05) is 12.7 Å². The van der Waals surface area contributed by atoms with E-state index in [1.165, 1.54) is 13.3 Å². The summed E-state index contributed by atoms with van der Waals surface area (Å²) in [5.74, 6) is 0.177. The van der Waals surface area contributed by atoms with Crippen LogP contribution in [0.1, 0.15) is 18.4 Å². The molecule has 1 aromatic heterocycles. The Morgan fingerprint density at radius 1 is 1.72 bits per heavy atom. The number of carbonyl (C=O) groups excluding carboxylic acids is 1. The SMILES string of the molecule is COC(=O)C1CCCN1c1nccc(C#N)c1Cl. The highest BCUT2D eigenvalue weighted by atomic mass is 35.5. The molecule has 1 unspecified atom stereocenters. The van der Waals surface area contributed by atoms with Gasteiger partial charge in [0.2, 0.25) is 0 Å². The molecule has 1 aliphatic rings. The van der Waals surface area contributed by atoms with Crippen molar-refractivity contribution in [1.29, 1.82) is 5.26 Å². The van der Waals surface area contributed by atoms with E-state index in [0.717, 1.165) is 6.42 Å². The molecule has 1 aliphatic heterocycles. The molecule has 0 bridgehead atoms. The van der Waals surface area contributed by atoms with E-state index in [9.17, 15) is 4.79 Å². The van der Waals surface area contributed by atoms with Crippen LogP contribution in [0.25, 0.3) is 0 Å². The number of halogens is 1. The molecule has 2 heterocycles. The molecular formula is C12H12ClN3O2. The molecule has 0 aliphatic carbocycles. The summed E-state index contributed by atoms with van der Waals surface area (Å²) in [5.41, 5.74) is 0.359. The van der Waals surface area contributed by atoms with Gasteiger partial charge in [-0.05, 0) is 18.9 Å². The van der Waals surface area contributed by atoms with Gasteiger partial charge < -0.3 is 9.64 Å². The van der Waals surface area contributed by atoms with Crippen molar-refractivity contribution in [1.82, 2.24) is 4.98 Å². The molecule has 94 valence electrons. The number of carbonyl (C=O) groups is 1. The number of nitrogens with zero attached hydrogens (tertiary/aromatic N) is 3. The average Bonchev–Trinajstić information content (AvgIpc) is 2.87. The van der Waals surface area contributed by atoms with Gasteiger partial charge in [0.1, 0.15) is 23.0 Å². The van der Waals surface area contributed by atoms with Crippen LogP contribution in [0.15, 0.2) is 12.3 Å². The number of ether oxygens (including phenoxy) is 1. The van der Waals surface area contributed by atoms with E-state index < -0.39 is 0 Å². The summed E-state index contributed by atoms with van der Waals surface area (Å²) in [5, 5.41) is 9.22. The largest absolute Gasteiger partial charge is 0.467 e. The maximum Gasteiger partial charge on any atom is 0.328 e. The smallest absolute Gasteiger partial charge is 0.328 e. The Kier molecular flexibility index (Phi) is 3.68. The Morgan fingerprint density at radius 2 is 2.50 bits per heavy atom. The highest BCUT2D eigenvalue weighted by molar-refractivity contribution is 6.34. The molecule has 0 radical (unpaired) electrons. The predicted molar refractivity (Wildman–Crippen MR) is 66.3 cm³/mol. The zero-order chi connectivity index (χ0) is 13.1. The third-order valence-corrected chi connectivity index (χ3v) is 3.36. The lowest BCUT2D eigenvalue weighted by atomic mass is 10.2. The molecule has 1 atom stereocenters. The summed E-state index contributed by atoms with van der Waals surface area (Å²) in [6.45, 7) is 0.682. The quantitative estimate of drug-likeness (QED) is 0.762. The van der Waals surface area contributed by atoms with Crippen molar-refractivity contribution >= 4 is 23.4 Å². The van der Waals surface area contributed by atoms with Crippen molar-refractivity contribution < 1.29 is 9.53 Å². The first-order valence-electron chi connectivity index (χ1n) is 5.58. The molecule has 18 heavy (non-hydrogen) atoms. The van der Waals surface area contributed by atoms with Crippen molar-refractivity contribution in [2.24, 2.45) is 0 Å². The maximum atomic E-state index is 11.7. The molecule has 2 rings (SSSR count). The average molecular weight is 266 g/mol. The Morgan fingerprint density at radius 3 is 3.17 bits per heavy atom. The van der Waals surface area contributed by atoms with Crippen molar-refractivity contribution in [2.75, 3.05) is 18.6 Å². The maximum absolute atomic E-state index is 11.7. The van der Waals surface area contributed by atoms with Gasteiger partial charge in [-0.2, -0.15) is 5.26 Å². The zero-order valence-electron chi connectivity index (χ0n) is 9.89. The second kappa shape index (κ2) is 5.23. The van der Waals surface area contributed by atoms with Crippen LogP contribution in [-0.4, -0.2) is 30.6 Å². The molecule has 1 fully saturated rings. The number of methoxy groups -OCH3 is 1. The Labute approximate surface area is 110 Å². The van der Waals surface area contributed by atoms with Gasteiger partial charge in [-0.15, -0.1) is 0 Å². The van der Waals surface area contributed by atoms with Crippen LogP contribution in [0.3, 0.4) is 0 Å². The summed E-state index contributed by atoms with van der Waals surface area (Å²) in [4.78, 5) is 17.6. The fourth-order valence-electron chi connectivity index (χ4n) is 2.12. The molecule has 0 saturated carbocycles. The summed E-state index contributed by atoms with van der Waals surface area (Å²) < 4.78 is 4.77. The molecular weight excluding hydrogens is 254 g/mol. The van der Waals surface area contributed by atoms with Crippen molar-refractivity contribution in [2.45, 2.75) is 18.9 Å². The number of aromatic nitrogens is 1. The first-order valence-corrected chi connectivity index (χ1v) is 5.96. The molecule has 0 aromatic carbocycles. The van der Waals surface area contributed by atoms with Crippen molar-refractivity contribution in [3.05, 3.63) is 22.8 Å². The minimum absolute atomic E-state index is 0.288. The van der Waals surface area contributed by atoms with Gasteiger partial charge >= 0.3 is 5.97 Å². The Hall–Kier alpha value is -1.80. The molecule has 5 nitrogen and oxygen atoms in total. The van der Waals surface area contributed by atoms with Gasteiger partial charge in [-0.3, -0.25) is 0 Å². The van der Waals surface area contributed by atoms with Gasteiger partial charge in [0.25, 0.3) is 0 Å². The lowest BCUT2D eigenvalue weighted by Gasteiger charge is -2.24. The van der Waals surface area contributed by atoms with Gasteiger partial charge in [-0.1, -0.05) is 11.6 Å². The van der Waals surface area contributed by atoms with E-state index >= 15 is 0 Å². The molecule has 0 spiro atoms. The lowest BCUT2D eigenvalue weighted by molar-refractivity contribution is -0.141. The van der Waals surface area contributed by atoms with E-state index in [1.54, 1.807) is 11.0 Å². The number of hydrogen-bond acceptors (Lipinski definition) is 5. The summed E-state index contributed by atoms with van der Waals surface area (Å²) in [7, 11) is 1.36. The fourth-order valence-corrected chi connectivity index (χ4v) is 2.38. The normalized spacial score (nSPS) is 18.5. The van der Waals surface area contributed by atoms with Gasteiger partial charge in [0.15, 0.2) is 0 Å². The number of rotatable bonds is 2. The molecule has 0 N–H and O–H groups in total. The third-order valence-electron chi connectivity index (χ3n) is 2.99. The van der Waals surface area contributed by atoms with E-state index in [2.05, 4.69) is 4.98 Å². The first-order chi connectivity index (χ1) is 8.69. The van der Waals surface area contributed by atoms with Crippen molar-refractivity contribution in [3.63, 3.8) is 0 Å². The minimum atomic E-state index is -0.367. The number of pyridine rings is 1. The summed E-state index contributed by atoms with van der Waals surface area (Å²) in [6.07, 6.45) is 3.10. The predicted octanol–water partition coefficient (Wildman–Crippen LogP) is 1.75. The second-order valence-electron chi connectivity index (χ2n) is 3.98. The van der Waals surface area contributed by atoms with Crippen LogP contribution in [0.5, 0.6) is 0 Å². The molecule has 0 amide bonds. The van der Waals surface area contributed by atoms with E-state index in [1.807, 2.05) is 6.07 Å². The highest BCUT2D eigenvalue weighted by Crippen LogP contribution is 2.32. The number of hydrogen-bond donors (Lipinski definition) is 0. The van der Waals surface area contributed by atoms with E-state index in [-0.39, 0.29) is 17.0 Å². The number of anilines is 1. The standard InChI is InChI=1S/C12H12ClN3O2/c1-18-12(17)9-3-2-6-16(9)11-10(13)8(7-14)4-5-15-11/h4-5,9H,2-3,6H2,1H3. The monoisotopic (exact) mass is 265 g/mol. The molecule has 1 saturated heterocycles. The van der Waals surface area contributed by atoms with Crippen LogP contribution >= 0.6 is 11.6 Å². The molecule has 6 heteroatoms. The van der Waals surface area contributed by atoms with E-state index in [0.29, 0.717) is 24.3 Å². The highest BCUT2D eigenvalue weighted by Gasteiger charge is 2.33. The van der Waals surface area contributed by atoms with Gasteiger partial charge in [0.05, 0.1) is 12.7 Å². The zero-order valence-corrected chi connectivity index (χ0v) is 10.6.